The number of aromatic nitrogens is 1. The van der Waals surface area contributed by atoms with E-state index < -0.39 is 23.7 Å². The van der Waals surface area contributed by atoms with Crippen molar-refractivity contribution in [1.29, 1.82) is 0 Å². The molecule has 1 aromatic heterocycles. The van der Waals surface area contributed by atoms with Gasteiger partial charge in [-0.15, -0.1) is 0 Å². The molecule has 1 atom stereocenters. The highest BCUT2D eigenvalue weighted by Gasteiger charge is 2.23. The number of alkyl carbamates (subject to hydrolysis) is 1. The summed E-state index contributed by atoms with van der Waals surface area (Å²) in [5, 5.41) is 15.2. The third kappa shape index (κ3) is 6.78. The Bertz CT molecular complexity index is 490. The number of aryl methyl sites for hydroxylation is 2. The van der Waals surface area contributed by atoms with Crippen molar-refractivity contribution in [2.75, 3.05) is 0 Å². The lowest BCUT2D eigenvalue weighted by molar-refractivity contribution is -0.139. The number of ether oxygens (including phenoxy) is 1. The molecule has 2 N–H and O–H groups in total. The molecule has 0 saturated carbocycles. The zero-order valence-electron chi connectivity index (χ0n) is 12.8. The summed E-state index contributed by atoms with van der Waals surface area (Å²) in [5.74, 6) is -0.386. The van der Waals surface area contributed by atoms with E-state index in [-0.39, 0.29) is 6.42 Å². The largest absolute Gasteiger partial charge is 0.480 e. The smallest absolute Gasteiger partial charge is 0.408 e. The molecular weight excluding hydrogens is 276 g/mol. The third-order valence-corrected chi connectivity index (χ3v) is 2.58. The molecule has 7 nitrogen and oxygen atoms in total. The van der Waals surface area contributed by atoms with Crippen molar-refractivity contribution >= 4 is 12.1 Å². The van der Waals surface area contributed by atoms with E-state index in [0.29, 0.717) is 18.6 Å². The number of carboxylic acid groups (broad SMARTS) is 1. The molecule has 0 radical (unpaired) electrons. The van der Waals surface area contributed by atoms with Gasteiger partial charge in [0, 0.05) is 12.5 Å². The van der Waals surface area contributed by atoms with E-state index in [1.807, 2.05) is 6.92 Å². The number of amides is 1. The first-order valence-electron chi connectivity index (χ1n) is 6.82. The molecule has 1 amide bonds. The van der Waals surface area contributed by atoms with Crippen LogP contribution in [0, 0.1) is 6.92 Å². The second kappa shape index (κ2) is 7.10. The molecule has 0 aliphatic rings. The fourth-order valence-corrected chi connectivity index (χ4v) is 1.72. The van der Waals surface area contributed by atoms with Gasteiger partial charge in [-0.1, -0.05) is 5.16 Å². The van der Waals surface area contributed by atoms with E-state index in [1.165, 1.54) is 0 Å². The van der Waals surface area contributed by atoms with Gasteiger partial charge >= 0.3 is 12.1 Å². The summed E-state index contributed by atoms with van der Waals surface area (Å²) >= 11 is 0. The minimum atomic E-state index is -1.09. The summed E-state index contributed by atoms with van der Waals surface area (Å²) in [4.78, 5) is 22.7. The van der Waals surface area contributed by atoms with E-state index in [9.17, 15) is 9.59 Å². The molecule has 0 fully saturated rings. The zero-order chi connectivity index (χ0) is 16.0. The molecule has 7 heteroatoms. The average molecular weight is 298 g/mol. The molecule has 0 aliphatic heterocycles. The van der Waals surface area contributed by atoms with Gasteiger partial charge in [0.1, 0.15) is 17.4 Å². The quantitative estimate of drug-likeness (QED) is 0.835. The predicted molar refractivity (Wildman–Crippen MR) is 75.0 cm³/mol. The number of carboxylic acids is 1. The molecule has 0 bridgehead atoms. The number of nitrogens with one attached hydrogen (secondary N) is 1. The summed E-state index contributed by atoms with van der Waals surface area (Å²) in [5.41, 5.74) is 0.122. The zero-order valence-corrected chi connectivity index (χ0v) is 12.8. The standard InChI is InChI=1S/C14H22N2O5/c1-9-8-10(21-16-9)6-5-7-11(12(17)18)15-13(19)20-14(2,3)4/h8,11H,5-7H2,1-4H3,(H,15,19)(H,17,18)/t11-/m0/s1. The summed E-state index contributed by atoms with van der Waals surface area (Å²) < 4.78 is 10.1. The van der Waals surface area contributed by atoms with Crippen LogP contribution >= 0.6 is 0 Å². The predicted octanol–water partition coefficient (Wildman–Crippen LogP) is 2.28. The van der Waals surface area contributed by atoms with Gasteiger partial charge in [-0.3, -0.25) is 0 Å². The van der Waals surface area contributed by atoms with Gasteiger partial charge in [0.15, 0.2) is 0 Å². The van der Waals surface area contributed by atoms with Gasteiger partial charge in [0.05, 0.1) is 5.69 Å². The topological polar surface area (TPSA) is 102 Å². The Balaban J connectivity index is 2.43. The molecule has 1 heterocycles. The summed E-state index contributed by atoms with van der Waals surface area (Å²) in [7, 11) is 0. The Labute approximate surface area is 123 Å². The Morgan fingerprint density at radius 3 is 2.62 bits per heavy atom. The summed E-state index contributed by atoms with van der Waals surface area (Å²) in [6, 6.07) is 0.820. The lowest BCUT2D eigenvalue weighted by Gasteiger charge is -2.21. The molecule has 21 heavy (non-hydrogen) atoms. The van der Waals surface area contributed by atoms with E-state index in [0.717, 1.165) is 5.69 Å². The van der Waals surface area contributed by atoms with Gasteiger partial charge < -0.3 is 19.7 Å². The van der Waals surface area contributed by atoms with Gasteiger partial charge in [-0.05, 0) is 40.5 Å². The number of aliphatic carboxylic acids is 1. The first kappa shape index (κ1) is 17.0. The van der Waals surface area contributed by atoms with E-state index in [2.05, 4.69) is 10.5 Å². The second-order valence-corrected chi connectivity index (χ2v) is 5.86. The average Bonchev–Trinajstić information content (AvgIpc) is 2.71. The monoisotopic (exact) mass is 298 g/mol. The first-order valence-corrected chi connectivity index (χ1v) is 6.82. The van der Waals surface area contributed by atoms with Crippen LogP contribution in [-0.4, -0.2) is 34.0 Å². The highest BCUT2D eigenvalue weighted by molar-refractivity contribution is 5.79. The molecule has 0 unspecified atom stereocenters. The Hall–Kier alpha value is -2.05. The Kier molecular flexibility index (Phi) is 5.75. The van der Waals surface area contributed by atoms with Crippen LogP contribution in [0.25, 0.3) is 0 Å². The molecule has 0 aromatic carbocycles. The minimum Gasteiger partial charge on any atom is -0.480 e. The highest BCUT2D eigenvalue weighted by atomic mass is 16.6. The first-order chi connectivity index (χ1) is 9.67. The molecule has 1 aromatic rings. The normalized spacial score (nSPS) is 12.8. The van der Waals surface area contributed by atoms with Crippen LogP contribution in [0.2, 0.25) is 0 Å². The van der Waals surface area contributed by atoms with Gasteiger partial charge in [-0.25, -0.2) is 9.59 Å². The maximum Gasteiger partial charge on any atom is 0.408 e. The number of hydrogen-bond acceptors (Lipinski definition) is 5. The van der Waals surface area contributed by atoms with Crippen molar-refractivity contribution < 1.29 is 24.0 Å². The van der Waals surface area contributed by atoms with Gasteiger partial charge in [0.2, 0.25) is 0 Å². The molecule has 0 aliphatic carbocycles. The van der Waals surface area contributed by atoms with Crippen LogP contribution in [0.15, 0.2) is 10.6 Å². The summed E-state index contributed by atoms with van der Waals surface area (Å²) in [6.45, 7) is 6.97. The van der Waals surface area contributed by atoms with Crippen molar-refractivity contribution in [2.45, 2.75) is 58.6 Å². The van der Waals surface area contributed by atoms with Crippen molar-refractivity contribution in [3.63, 3.8) is 0 Å². The molecule has 118 valence electrons. The Morgan fingerprint density at radius 1 is 1.48 bits per heavy atom. The number of carbonyl (C=O) groups excluding carboxylic acids is 1. The fourth-order valence-electron chi connectivity index (χ4n) is 1.72. The number of nitrogens with zero attached hydrogens (tertiary/aromatic N) is 1. The van der Waals surface area contributed by atoms with Crippen LogP contribution in [0.5, 0.6) is 0 Å². The lowest BCUT2D eigenvalue weighted by Crippen LogP contribution is -2.43. The van der Waals surface area contributed by atoms with Crippen LogP contribution in [0.3, 0.4) is 0 Å². The third-order valence-electron chi connectivity index (χ3n) is 2.58. The summed E-state index contributed by atoms with van der Waals surface area (Å²) in [6.07, 6.45) is 0.682. The van der Waals surface area contributed by atoms with Crippen molar-refractivity contribution in [1.82, 2.24) is 10.5 Å². The van der Waals surface area contributed by atoms with Crippen LogP contribution in [0.1, 0.15) is 45.1 Å². The SMILES string of the molecule is Cc1cc(CCC[C@H](NC(=O)OC(C)(C)C)C(=O)O)on1. The van der Waals surface area contributed by atoms with Gasteiger partial charge in [-0.2, -0.15) is 0 Å². The van der Waals surface area contributed by atoms with Crippen molar-refractivity contribution in [2.24, 2.45) is 0 Å². The molecule has 0 spiro atoms. The van der Waals surface area contributed by atoms with Crippen molar-refractivity contribution in [3.05, 3.63) is 17.5 Å². The molecule has 1 rings (SSSR count). The second-order valence-electron chi connectivity index (χ2n) is 5.86. The van der Waals surface area contributed by atoms with Crippen LogP contribution in [0.4, 0.5) is 4.79 Å². The number of hydrogen-bond donors (Lipinski definition) is 2. The lowest BCUT2D eigenvalue weighted by atomic mass is 10.1. The highest BCUT2D eigenvalue weighted by Crippen LogP contribution is 2.10. The minimum absolute atomic E-state index is 0.286. The van der Waals surface area contributed by atoms with E-state index in [1.54, 1.807) is 26.8 Å². The van der Waals surface area contributed by atoms with Crippen LogP contribution < -0.4 is 5.32 Å². The maximum atomic E-state index is 11.6. The van der Waals surface area contributed by atoms with E-state index in [4.69, 9.17) is 14.4 Å². The molecule has 0 saturated heterocycles. The number of carbonyl (C=O) groups is 2. The Morgan fingerprint density at radius 2 is 2.14 bits per heavy atom. The molecular formula is C14H22N2O5. The van der Waals surface area contributed by atoms with Crippen LogP contribution in [-0.2, 0) is 16.0 Å². The van der Waals surface area contributed by atoms with E-state index >= 15 is 0 Å². The fraction of sp³-hybridized carbons (Fsp3) is 0.643. The maximum absolute atomic E-state index is 11.6. The van der Waals surface area contributed by atoms with Gasteiger partial charge in [0.25, 0.3) is 0 Å². The number of rotatable bonds is 6. The van der Waals surface area contributed by atoms with Crippen molar-refractivity contribution in [3.8, 4) is 0 Å².